The van der Waals surface area contributed by atoms with E-state index in [1.54, 1.807) is 6.07 Å². The number of nitrogens with one attached hydrogen (secondary N) is 1. The van der Waals surface area contributed by atoms with Gasteiger partial charge >= 0.3 is 0 Å². The second-order valence-corrected chi connectivity index (χ2v) is 6.44. The Morgan fingerprint density at radius 3 is 2.74 bits per heavy atom. The minimum absolute atomic E-state index is 0.0846. The second kappa shape index (κ2) is 4.95. The number of anilines is 1. The molecular formula is C14H16Cl2N2O. The van der Waals surface area contributed by atoms with E-state index in [9.17, 15) is 4.79 Å². The van der Waals surface area contributed by atoms with Crippen molar-refractivity contribution >= 4 is 34.8 Å². The highest BCUT2D eigenvalue weighted by atomic mass is 35.5. The van der Waals surface area contributed by atoms with Crippen LogP contribution < -0.4 is 5.32 Å². The maximum Gasteiger partial charge on any atom is 0.227 e. The summed E-state index contributed by atoms with van der Waals surface area (Å²) >= 11 is 11.9. The Morgan fingerprint density at radius 1 is 1.37 bits per heavy atom. The fourth-order valence-electron chi connectivity index (χ4n) is 3.53. The minimum atomic E-state index is 0.0846. The quantitative estimate of drug-likeness (QED) is 0.836. The summed E-state index contributed by atoms with van der Waals surface area (Å²) < 4.78 is 0. The summed E-state index contributed by atoms with van der Waals surface area (Å²) in [7, 11) is 0. The lowest BCUT2D eigenvalue weighted by molar-refractivity contribution is -0.121. The fraction of sp³-hybridized carbons (Fsp3) is 0.571. The van der Waals surface area contributed by atoms with Gasteiger partial charge in [-0.05, 0) is 49.7 Å². The van der Waals surface area contributed by atoms with Gasteiger partial charge in [0.05, 0.1) is 5.69 Å². The third-order valence-corrected chi connectivity index (χ3v) is 4.93. The van der Waals surface area contributed by atoms with Crippen LogP contribution >= 0.6 is 23.2 Å². The first-order valence-corrected chi connectivity index (χ1v) is 7.43. The van der Waals surface area contributed by atoms with Crippen molar-refractivity contribution in [2.45, 2.75) is 32.6 Å². The van der Waals surface area contributed by atoms with Crippen molar-refractivity contribution in [3.05, 3.63) is 21.9 Å². The number of hydrogen-bond donors (Lipinski definition) is 1. The maximum atomic E-state index is 12.4. The van der Waals surface area contributed by atoms with Crippen LogP contribution in [0.3, 0.4) is 0 Å². The smallest absolute Gasteiger partial charge is 0.227 e. The summed E-state index contributed by atoms with van der Waals surface area (Å²) in [6, 6.07) is 1.71. The van der Waals surface area contributed by atoms with Crippen LogP contribution in [0.5, 0.6) is 0 Å². The lowest BCUT2D eigenvalue weighted by atomic mass is 9.88. The average molecular weight is 299 g/mol. The van der Waals surface area contributed by atoms with E-state index < -0.39 is 0 Å². The Hall–Kier alpha value is -0.800. The van der Waals surface area contributed by atoms with E-state index in [1.165, 1.54) is 19.3 Å². The van der Waals surface area contributed by atoms with Crippen molar-refractivity contribution in [1.29, 1.82) is 0 Å². The van der Waals surface area contributed by atoms with Crippen molar-refractivity contribution in [2.24, 2.45) is 17.8 Å². The predicted octanol–water partition coefficient (Wildman–Crippen LogP) is 4.07. The zero-order valence-electron chi connectivity index (χ0n) is 10.7. The molecule has 0 aromatic carbocycles. The largest absolute Gasteiger partial charge is 0.323 e. The first-order valence-electron chi connectivity index (χ1n) is 6.68. The van der Waals surface area contributed by atoms with Gasteiger partial charge in [-0.15, -0.1) is 0 Å². The van der Waals surface area contributed by atoms with Crippen molar-refractivity contribution in [3.63, 3.8) is 0 Å². The Kier molecular flexibility index (Phi) is 3.44. The van der Waals surface area contributed by atoms with E-state index in [2.05, 4.69) is 10.3 Å². The van der Waals surface area contributed by atoms with E-state index in [4.69, 9.17) is 23.2 Å². The molecule has 2 saturated carbocycles. The lowest BCUT2D eigenvalue weighted by Crippen LogP contribution is -2.27. The molecule has 0 radical (unpaired) electrons. The summed E-state index contributed by atoms with van der Waals surface area (Å²) in [4.78, 5) is 16.3. The highest BCUT2D eigenvalue weighted by Gasteiger charge is 2.43. The highest BCUT2D eigenvalue weighted by Crippen LogP contribution is 2.48. The zero-order chi connectivity index (χ0) is 13.6. The maximum absolute atomic E-state index is 12.4. The number of fused-ring (bicyclic) bond motifs is 2. The SMILES string of the molecule is Cc1cc(Cl)nc(Cl)c1NC(=O)C1CC2CCC1C2. The Labute approximate surface area is 122 Å². The minimum Gasteiger partial charge on any atom is -0.323 e. The van der Waals surface area contributed by atoms with Crippen LogP contribution in [0, 0.1) is 24.7 Å². The number of nitrogens with zero attached hydrogens (tertiary/aromatic N) is 1. The fourth-order valence-corrected chi connectivity index (χ4v) is 4.11. The molecule has 0 aliphatic heterocycles. The molecule has 3 unspecified atom stereocenters. The molecule has 3 atom stereocenters. The van der Waals surface area contributed by atoms with Crippen LogP contribution in [0.2, 0.25) is 10.3 Å². The number of carbonyl (C=O) groups is 1. The van der Waals surface area contributed by atoms with E-state index in [-0.39, 0.29) is 17.0 Å². The van der Waals surface area contributed by atoms with Gasteiger partial charge in [0.2, 0.25) is 5.91 Å². The molecule has 102 valence electrons. The average Bonchev–Trinajstić information content (AvgIpc) is 2.95. The van der Waals surface area contributed by atoms with Crippen LogP contribution in [0.15, 0.2) is 6.07 Å². The summed E-state index contributed by atoms with van der Waals surface area (Å²) in [6.07, 6.45) is 4.71. The van der Waals surface area contributed by atoms with Crippen LogP contribution in [0.4, 0.5) is 5.69 Å². The Morgan fingerprint density at radius 2 is 2.16 bits per heavy atom. The standard InChI is InChI=1S/C14H16Cl2N2O/c1-7-4-11(15)17-13(16)12(7)18-14(19)10-6-8-2-3-9(10)5-8/h4,8-10H,2-3,5-6H2,1H3,(H,18,19). The number of aryl methyl sites for hydroxylation is 1. The molecule has 1 heterocycles. The highest BCUT2D eigenvalue weighted by molar-refractivity contribution is 6.34. The third-order valence-electron chi connectivity index (χ3n) is 4.46. The van der Waals surface area contributed by atoms with Gasteiger partial charge < -0.3 is 5.32 Å². The van der Waals surface area contributed by atoms with Gasteiger partial charge in [-0.2, -0.15) is 0 Å². The van der Waals surface area contributed by atoms with Crippen LogP contribution in [0.25, 0.3) is 0 Å². The van der Waals surface area contributed by atoms with Crippen LogP contribution in [-0.4, -0.2) is 10.9 Å². The van der Waals surface area contributed by atoms with E-state index in [0.29, 0.717) is 16.8 Å². The van der Waals surface area contributed by atoms with Gasteiger partial charge in [0.15, 0.2) is 5.15 Å². The Balaban J connectivity index is 1.77. The molecule has 1 aromatic rings. The molecule has 19 heavy (non-hydrogen) atoms. The van der Waals surface area contributed by atoms with Crippen LogP contribution in [-0.2, 0) is 4.79 Å². The molecule has 2 aliphatic rings. The van der Waals surface area contributed by atoms with Gasteiger partial charge in [-0.1, -0.05) is 29.6 Å². The summed E-state index contributed by atoms with van der Waals surface area (Å²) in [5.74, 6) is 1.54. The van der Waals surface area contributed by atoms with Crippen molar-refractivity contribution in [1.82, 2.24) is 4.98 Å². The number of amides is 1. The molecule has 2 bridgehead atoms. The van der Waals surface area contributed by atoms with Gasteiger partial charge in [-0.3, -0.25) is 4.79 Å². The number of carbonyl (C=O) groups excluding carboxylic acids is 1. The third kappa shape index (κ3) is 2.46. The number of halogens is 2. The van der Waals surface area contributed by atoms with Crippen LogP contribution in [0.1, 0.15) is 31.2 Å². The van der Waals surface area contributed by atoms with Gasteiger partial charge in [0, 0.05) is 5.92 Å². The van der Waals surface area contributed by atoms with Gasteiger partial charge in [-0.25, -0.2) is 4.98 Å². The van der Waals surface area contributed by atoms with E-state index >= 15 is 0 Å². The molecule has 1 amide bonds. The molecule has 0 saturated heterocycles. The van der Waals surface area contributed by atoms with E-state index in [1.807, 2.05) is 6.92 Å². The van der Waals surface area contributed by atoms with Crippen molar-refractivity contribution in [3.8, 4) is 0 Å². The summed E-state index contributed by atoms with van der Waals surface area (Å²) in [5.41, 5.74) is 1.44. The molecular weight excluding hydrogens is 283 g/mol. The molecule has 5 heteroatoms. The number of rotatable bonds is 2. The Bertz CT molecular complexity index is 509. The lowest BCUT2D eigenvalue weighted by Gasteiger charge is -2.21. The van der Waals surface area contributed by atoms with Crippen molar-refractivity contribution < 1.29 is 4.79 Å². The first-order chi connectivity index (χ1) is 9.04. The van der Waals surface area contributed by atoms with E-state index in [0.717, 1.165) is 17.9 Å². The zero-order valence-corrected chi connectivity index (χ0v) is 12.3. The number of aromatic nitrogens is 1. The molecule has 3 nitrogen and oxygen atoms in total. The molecule has 3 rings (SSSR count). The molecule has 1 N–H and O–H groups in total. The molecule has 2 aliphatic carbocycles. The van der Waals surface area contributed by atoms with Crippen molar-refractivity contribution in [2.75, 3.05) is 5.32 Å². The molecule has 2 fully saturated rings. The monoisotopic (exact) mass is 298 g/mol. The first kappa shape index (κ1) is 13.2. The second-order valence-electron chi connectivity index (χ2n) is 5.70. The number of hydrogen-bond acceptors (Lipinski definition) is 2. The summed E-state index contributed by atoms with van der Waals surface area (Å²) in [6.45, 7) is 1.87. The van der Waals surface area contributed by atoms with Gasteiger partial charge in [0.25, 0.3) is 0 Å². The number of pyridine rings is 1. The molecule has 0 spiro atoms. The normalized spacial score (nSPS) is 28.7. The molecule has 1 aromatic heterocycles. The topological polar surface area (TPSA) is 42.0 Å². The van der Waals surface area contributed by atoms with Gasteiger partial charge in [0.1, 0.15) is 5.15 Å². The predicted molar refractivity (Wildman–Crippen MR) is 76.6 cm³/mol. The summed E-state index contributed by atoms with van der Waals surface area (Å²) in [5, 5.41) is 3.55.